The van der Waals surface area contributed by atoms with Crippen molar-refractivity contribution in [2.75, 3.05) is 0 Å². The highest BCUT2D eigenvalue weighted by Gasteiger charge is 2.19. The molecule has 3 aromatic heterocycles. The molecule has 62 heavy (non-hydrogen) atoms. The highest BCUT2D eigenvalue weighted by molar-refractivity contribution is 6.17. The molecule has 13 aromatic rings. The monoisotopic (exact) mass is 805 g/mol. The average molecular weight is 806 g/mol. The van der Waals surface area contributed by atoms with Gasteiger partial charge in [0.2, 0.25) is 0 Å². The van der Waals surface area contributed by atoms with Crippen molar-refractivity contribution in [2.24, 2.45) is 0 Å². The minimum atomic E-state index is -0.663. The Labute approximate surface area is 374 Å². The molecule has 0 amide bonds. The maximum Gasteiger partial charge on any atom is 0.164 e. The maximum atomic E-state index is 9.52. The van der Waals surface area contributed by atoms with E-state index in [1.165, 1.54) is 0 Å². The van der Waals surface area contributed by atoms with Crippen LogP contribution in [0.15, 0.2) is 209 Å². The second-order valence-electron chi connectivity index (χ2n) is 14.8. The SMILES string of the molecule is [2H]c1c([2H])c([2H])c2c(oc3c([2H])c(-c4nc(-c5c([2H])c([2H])c6c([2H])c([2H])c([2H])c([2H])c6c5[2H])nc(-c5cccc6c(-c7cccc8oc9ccc(-c%10ccc%11ccccc%11c%10)cc9c78)cccc56)n4)c([2H])c([2H])c32)c1[2H]. The van der Waals surface area contributed by atoms with Crippen molar-refractivity contribution in [3.05, 3.63) is 200 Å². The minimum absolute atomic E-state index is 0.0928. The molecule has 13 rings (SSSR count). The van der Waals surface area contributed by atoms with Gasteiger partial charge in [0.25, 0.3) is 0 Å². The van der Waals surface area contributed by atoms with Crippen LogP contribution in [0.4, 0.5) is 0 Å². The van der Waals surface area contributed by atoms with Crippen LogP contribution in [0.2, 0.25) is 0 Å². The molecule has 0 fully saturated rings. The molecule has 5 heteroatoms. The number of hydrogen-bond acceptors (Lipinski definition) is 5. The van der Waals surface area contributed by atoms with Crippen LogP contribution in [0, 0.1) is 0 Å². The smallest absolute Gasteiger partial charge is 0.164 e. The standard InChI is InChI=1S/C57H33N3O2/c1-3-12-36-30-38(24-22-34(36)10-1)39-27-29-51-49(32-39)54-47(18-9-21-52(54)61-51)43-16-7-17-44-42(43)15-8-19-48(44)57-59-55(40-25-23-35-11-2-4-13-37(35)31-40)58-56(60-57)41-26-28-46-45-14-5-6-20-50(45)62-53(46)33-41/h1-33H/i2D,4D,5D,6D,11D,13D,14D,20D,23D,25D,26D,28D,31D,33D. The number of para-hydroxylation sites is 1. The van der Waals surface area contributed by atoms with Crippen molar-refractivity contribution in [2.45, 2.75) is 0 Å². The van der Waals surface area contributed by atoms with Gasteiger partial charge in [0.05, 0.1) is 19.2 Å². The summed E-state index contributed by atoms with van der Waals surface area (Å²) >= 11 is 0. The quantitative estimate of drug-likeness (QED) is 0.173. The highest BCUT2D eigenvalue weighted by Crippen LogP contribution is 2.42. The summed E-state index contributed by atoms with van der Waals surface area (Å²) in [6.45, 7) is 0. The summed E-state index contributed by atoms with van der Waals surface area (Å²) < 4.78 is 136. The lowest BCUT2D eigenvalue weighted by atomic mass is 9.92. The first-order valence-electron chi connectivity index (χ1n) is 26.7. The number of benzene rings is 10. The Hall–Kier alpha value is -8.41. The van der Waals surface area contributed by atoms with Crippen molar-refractivity contribution < 1.29 is 28.0 Å². The molecule has 0 radical (unpaired) electrons. The second-order valence-corrected chi connectivity index (χ2v) is 14.8. The van der Waals surface area contributed by atoms with E-state index in [4.69, 9.17) is 31.1 Å². The highest BCUT2D eigenvalue weighted by atomic mass is 16.3. The largest absolute Gasteiger partial charge is 0.456 e. The first-order valence-corrected chi connectivity index (χ1v) is 19.7. The summed E-state index contributed by atoms with van der Waals surface area (Å²) in [5, 5.41) is 4.29. The summed E-state index contributed by atoms with van der Waals surface area (Å²) in [5.41, 5.74) is 4.00. The van der Waals surface area contributed by atoms with Gasteiger partial charge in [-0.3, -0.25) is 0 Å². The number of rotatable bonds is 5. The zero-order valence-electron chi connectivity index (χ0n) is 46.1. The molecule has 0 aliphatic carbocycles. The topological polar surface area (TPSA) is 65.0 Å². The van der Waals surface area contributed by atoms with Gasteiger partial charge in [0, 0.05) is 38.2 Å². The summed E-state index contributed by atoms with van der Waals surface area (Å²) in [7, 11) is 0. The molecule has 0 atom stereocenters. The fourth-order valence-corrected chi connectivity index (χ4v) is 8.36. The average Bonchev–Trinajstić information content (AvgIpc) is 4.20. The fourth-order valence-electron chi connectivity index (χ4n) is 8.36. The van der Waals surface area contributed by atoms with E-state index >= 15 is 0 Å². The van der Waals surface area contributed by atoms with Crippen LogP contribution in [0.1, 0.15) is 19.2 Å². The summed E-state index contributed by atoms with van der Waals surface area (Å²) in [6, 6.07) is 29.3. The molecule has 0 saturated heterocycles. The maximum absolute atomic E-state index is 9.52. The van der Waals surface area contributed by atoms with Gasteiger partial charge in [-0.2, -0.15) is 0 Å². The van der Waals surface area contributed by atoms with E-state index in [-0.39, 0.29) is 44.1 Å². The number of hydrogen-bond donors (Lipinski definition) is 0. The lowest BCUT2D eigenvalue weighted by Gasteiger charge is -2.13. The van der Waals surface area contributed by atoms with Crippen molar-refractivity contribution in [3.63, 3.8) is 0 Å². The van der Waals surface area contributed by atoms with E-state index in [0.717, 1.165) is 49.2 Å². The van der Waals surface area contributed by atoms with Gasteiger partial charge in [0.1, 0.15) is 22.3 Å². The van der Waals surface area contributed by atoms with Crippen molar-refractivity contribution in [1.82, 2.24) is 15.0 Å². The van der Waals surface area contributed by atoms with Crippen LogP contribution in [0.3, 0.4) is 0 Å². The number of furan rings is 2. The van der Waals surface area contributed by atoms with E-state index in [1.54, 1.807) is 12.1 Å². The van der Waals surface area contributed by atoms with Crippen LogP contribution < -0.4 is 0 Å². The molecule has 0 spiro atoms. The van der Waals surface area contributed by atoms with Gasteiger partial charge < -0.3 is 8.83 Å². The molecule has 10 aromatic carbocycles. The second kappa shape index (κ2) is 13.6. The van der Waals surface area contributed by atoms with E-state index < -0.39 is 102 Å². The normalized spacial score (nSPS) is 15.0. The van der Waals surface area contributed by atoms with Crippen molar-refractivity contribution >= 4 is 76.2 Å². The first kappa shape index (κ1) is 23.4. The van der Waals surface area contributed by atoms with Crippen LogP contribution in [0.25, 0.3) is 133 Å². The van der Waals surface area contributed by atoms with Gasteiger partial charge >= 0.3 is 0 Å². The van der Waals surface area contributed by atoms with Crippen LogP contribution in [0.5, 0.6) is 0 Å². The Kier molecular flexibility index (Phi) is 5.12. The third-order valence-electron chi connectivity index (χ3n) is 11.2. The third-order valence-corrected chi connectivity index (χ3v) is 11.2. The summed E-state index contributed by atoms with van der Waals surface area (Å²) in [5.74, 6) is -0.919. The Bertz CT molecular complexity index is 4780. The van der Waals surface area contributed by atoms with Crippen LogP contribution >= 0.6 is 0 Å². The Balaban J connectivity index is 1.06. The van der Waals surface area contributed by atoms with Gasteiger partial charge in [-0.1, -0.05) is 151 Å². The molecular formula is C57H33N3O2. The Morgan fingerprint density at radius 1 is 0.339 bits per heavy atom. The first-order chi connectivity index (χ1) is 36.5. The molecule has 0 aliphatic rings. The lowest BCUT2D eigenvalue weighted by Crippen LogP contribution is -2.00. The van der Waals surface area contributed by atoms with Crippen LogP contribution in [-0.2, 0) is 0 Å². The van der Waals surface area contributed by atoms with Crippen molar-refractivity contribution in [1.29, 1.82) is 0 Å². The molecule has 0 saturated carbocycles. The van der Waals surface area contributed by atoms with E-state index in [0.29, 0.717) is 22.1 Å². The van der Waals surface area contributed by atoms with Crippen LogP contribution in [-0.4, -0.2) is 15.0 Å². The fraction of sp³-hybridized carbons (Fsp3) is 0. The molecule has 288 valence electrons. The van der Waals surface area contributed by atoms with Crippen molar-refractivity contribution in [3.8, 4) is 56.4 Å². The zero-order chi connectivity index (χ0) is 52.9. The van der Waals surface area contributed by atoms with Gasteiger partial charge in [-0.25, -0.2) is 15.0 Å². The zero-order valence-corrected chi connectivity index (χ0v) is 32.1. The van der Waals surface area contributed by atoms with Gasteiger partial charge in [-0.15, -0.1) is 0 Å². The van der Waals surface area contributed by atoms with Gasteiger partial charge in [0.15, 0.2) is 17.5 Å². The van der Waals surface area contributed by atoms with Gasteiger partial charge in [-0.05, 0) is 103 Å². The molecule has 3 heterocycles. The number of fused-ring (bicyclic) bond motifs is 9. The molecule has 0 unspecified atom stereocenters. The molecule has 0 bridgehead atoms. The lowest BCUT2D eigenvalue weighted by molar-refractivity contribution is 0.668. The van der Waals surface area contributed by atoms with E-state index in [2.05, 4.69) is 41.4 Å². The molecule has 0 aliphatic heterocycles. The summed E-state index contributed by atoms with van der Waals surface area (Å²) in [4.78, 5) is 14.3. The minimum Gasteiger partial charge on any atom is -0.456 e. The summed E-state index contributed by atoms with van der Waals surface area (Å²) in [6.07, 6.45) is 0. The van der Waals surface area contributed by atoms with E-state index in [1.807, 2.05) is 66.7 Å². The third kappa shape index (κ3) is 5.52. The molecule has 0 N–H and O–H groups in total. The number of nitrogens with zero attached hydrogens (tertiary/aromatic N) is 3. The van der Waals surface area contributed by atoms with E-state index in [9.17, 15) is 6.85 Å². The predicted molar refractivity (Wildman–Crippen MR) is 254 cm³/mol. The Morgan fingerprint density at radius 2 is 1.00 bits per heavy atom. The molecule has 5 nitrogen and oxygen atoms in total. The Morgan fingerprint density at radius 3 is 1.90 bits per heavy atom. The molecular weight excluding hydrogens is 759 g/mol. The number of aromatic nitrogens is 3. The predicted octanol–water partition coefficient (Wildman–Crippen LogP) is 15.5.